The highest BCUT2D eigenvalue weighted by Crippen LogP contribution is 2.49. The van der Waals surface area contributed by atoms with Crippen molar-refractivity contribution >= 4 is 5.97 Å². The normalized spacial score (nSPS) is 45.4. The van der Waals surface area contributed by atoms with Gasteiger partial charge in [-0.3, -0.25) is 0 Å². The number of carbonyl (C=O) groups is 1. The Labute approximate surface area is 351 Å². The van der Waals surface area contributed by atoms with Crippen LogP contribution in [0.15, 0.2) is 23.8 Å². The molecule has 0 aromatic rings. The van der Waals surface area contributed by atoms with E-state index in [-0.39, 0.29) is 42.7 Å². The van der Waals surface area contributed by atoms with E-state index in [4.69, 9.17) is 37.9 Å². The second kappa shape index (κ2) is 17.9. The summed E-state index contributed by atoms with van der Waals surface area (Å²) in [5.74, 6) is -2.60. The van der Waals surface area contributed by atoms with Crippen molar-refractivity contribution in [3.8, 4) is 0 Å². The summed E-state index contributed by atoms with van der Waals surface area (Å²) in [7, 11) is 1.24. The summed E-state index contributed by atoms with van der Waals surface area (Å²) in [5.41, 5.74) is -0.230. The van der Waals surface area contributed by atoms with Crippen molar-refractivity contribution in [2.75, 3.05) is 13.7 Å². The van der Waals surface area contributed by atoms with Crippen LogP contribution in [0.1, 0.15) is 138 Å². The molecule has 0 saturated carbocycles. The van der Waals surface area contributed by atoms with E-state index in [1.807, 2.05) is 13.0 Å². The molecular weight excluding hydrogens is 760 g/mol. The summed E-state index contributed by atoms with van der Waals surface area (Å²) >= 11 is 0. The predicted molar refractivity (Wildman–Crippen MR) is 217 cm³/mol. The van der Waals surface area contributed by atoms with Crippen molar-refractivity contribution in [1.82, 2.24) is 0 Å². The van der Waals surface area contributed by atoms with Gasteiger partial charge in [0.05, 0.1) is 50.3 Å². The lowest BCUT2D eigenvalue weighted by Gasteiger charge is -2.51. The zero-order valence-corrected chi connectivity index (χ0v) is 36.6. The molecule has 6 fully saturated rings. The summed E-state index contributed by atoms with van der Waals surface area (Å²) < 4.78 is 50.7. The Bertz CT molecular complexity index is 1520. The maximum absolute atomic E-state index is 12.2. The molecule has 0 aliphatic carbocycles. The molecule has 0 aromatic carbocycles. The second-order valence-corrected chi connectivity index (χ2v) is 19.9. The number of rotatable bonds is 11. The molecule has 0 aromatic heterocycles. The van der Waals surface area contributed by atoms with Crippen LogP contribution < -0.4 is 0 Å². The number of ether oxygens (including phenoxy) is 8. The molecule has 13 heteroatoms. The van der Waals surface area contributed by atoms with Gasteiger partial charge in [0.1, 0.15) is 24.4 Å². The van der Waals surface area contributed by atoms with Gasteiger partial charge in [0, 0.05) is 31.6 Å². The second-order valence-electron chi connectivity index (χ2n) is 19.9. The van der Waals surface area contributed by atoms with Gasteiger partial charge in [-0.15, -0.1) is 0 Å². The largest absolute Gasteiger partial charge is 0.467 e. The van der Waals surface area contributed by atoms with Crippen molar-refractivity contribution in [2.45, 2.75) is 222 Å². The van der Waals surface area contributed by atoms with Crippen LogP contribution in [0.3, 0.4) is 0 Å². The first-order valence-corrected chi connectivity index (χ1v) is 22.8. The van der Waals surface area contributed by atoms with Gasteiger partial charge in [0.2, 0.25) is 5.79 Å². The van der Waals surface area contributed by atoms with Crippen LogP contribution in [0.25, 0.3) is 0 Å². The standard InChI is InChI=1S/C46H74O13/c1-26-22-36(57-46(24-26)37(48)14-13-33(56-46)25-43(7,51)42(50)52-8)27(2)11-12-32-16-18-44(55-32)19-17-35-41(58-44)38(49)31(6)40(54-35)34(47)23-29(4)39-28(3)15-20-45(59-39)30(5)10-9-21-53-45/h24,27-30,32-41,47-49,51H,6,9-23,25H2,1-5,7-8H3/t27-,28-,29+,30-,32+,33+,34+,35-,36+,37-,38-,39+,40+,41-,43-,44-,45-,46-/m1/s1. The molecule has 7 aliphatic heterocycles. The van der Waals surface area contributed by atoms with Crippen molar-refractivity contribution in [2.24, 2.45) is 23.7 Å². The first kappa shape index (κ1) is 45.5. The molecule has 0 amide bonds. The highest BCUT2D eigenvalue weighted by molar-refractivity contribution is 5.78. The fraction of sp³-hybridized carbons (Fsp3) is 0.891. The Balaban J connectivity index is 0.899. The third kappa shape index (κ3) is 9.42. The van der Waals surface area contributed by atoms with E-state index in [1.165, 1.54) is 14.0 Å². The Hall–Kier alpha value is -1.49. The van der Waals surface area contributed by atoms with Gasteiger partial charge in [-0.05, 0) is 114 Å². The first-order valence-electron chi connectivity index (χ1n) is 22.8. The molecule has 13 nitrogen and oxygen atoms in total. The number of fused-ring (bicyclic) bond motifs is 1. The molecule has 7 rings (SSSR count). The summed E-state index contributed by atoms with van der Waals surface area (Å²) in [4.78, 5) is 12.2. The van der Waals surface area contributed by atoms with Crippen molar-refractivity contribution in [3.63, 3.8) is 0 Å². The molecule has 0 radical (unpaired) electrons. The van der Waals surface area contributed by atoms with Crippen LogP contribution >= 0.6 is 0 Å². The number of hydrogen-bond acceptors (Lipinski definition) is 13. The van der Waals surface area contributed by atoms with Crippen LogP contribution in [-0.2, 0) is 42.7 Å². The molecule has 7 heterocycles. The Morgan fingerprint density at radius 1 is 0.983 bits per heavy atom. The molecule has 0 unspecified atom stereocenters. The minimum atomic E-state index is -1.72. The highest BCUT2D eigenvalue weighted by Gasteiger charge is 2.55. The lowest BCUT2D eigenvalue weighted by molar-refractivity contribution is -0.334. The number of hydrogen-bond donors (Lipinski definition) is 4. The van der Waals surface area contributed by atoms with Gasteiger partial charge in [-0.1, -0.05) is 39.8 Å². The smallest absolute Gasteiger partial charge is 0.337 e. The zero-order valence-electron chi connectivity index (χ0n) is 36.6. The Morgan fingerprint density at radius 2 is 1.75 bits per heavy atom. The van der Waals surface area contributed by atoms with E-state index in [1.54, 1.807) is 0 Å². The van der Waals surface area contributed by atoms with Gasteiger partial charge in [-0.2, -0.15) is 0 Å². The quantitative estimate of drug-likeness (QED) is 0.146. The Kier molecular flexibility index (Phi) is 13.8. The molecular formula is C46H74O13. The number of esters is 1. The molecule has 18 atom stereocenters. The summed E-state index contributed by atoms with van der Waals surface area (Å²) in [5, 5.41) is 45.1. The first-order chi connectivity index (χ1) is 27.9. The van der Waals surface area contributed by atoms with Gasteiger partial charge >= 0.3 is 5.97 Å². The molecule has 4 N–H and O–H groups in total. The van der Waals surface area contributed by atoms with E-state index in [0.29, 0.717) is 62.4 Å². The minimum absolute atomic E-state index is 0.0280. The SMILES string of the molecule is C=C1[C@@H](O)[C@@H]2O[C@]3(CC[C@H](CC[C@@H](C)[C@@H]4CC(C)=C[C@@]5(O[C@H](C[C@@](C)(O)C(=O)OC)CC[C@H]5O)O4)O3)CC[C@H]2O[C@@H]1[C@@H](O)C[C@H](C)[C@H]1O[C@@]2(CC[C@H]1C)OCCC[C@H]2C. The van der Waals surface area contributed by atoms with E-state index < -0.39 is 65.6 Å². The van der Waals surface area contributed by atoms with Gasteiger partial charge in [0.15, 0.2) is 17.2 Å². The fourth-order valence-corrected chi connectivity index (χ4v) is 11.4. The van der Waals surface area contributed by atoms with Crippen molar-refractivity contribution in [3.05, 3.63) is 23.8 Å². The lowest BCUT2D eigenvalue weighted by atomic mass is 9.78. The van der Waals surface area contributed by atoms with E-state index in [0.717, 1.165) is 57.1 Å². The average molecular weight is 835 g/mol. The van der Waals surface area contributed by atoms with Gasteiger partial charge in [0.25, 0.3) is 0 Å². The van der Waals surface area contributed by atoms with Crippen LogP contribution in [0.4, 0.5) is 0 Å². The predicted octanol–water partition coefficient (Wildman–Crippen LogP) is 5.77. The molecule has 336 valence electrons. The lowest BCUT2D eigenvalue weighted by Crippen LogP contribution is -2.60. The highest BCUT2D eigenvalue weighted by atomic mass is 16.7. The van der Waals surface area contributed by atoms with Crippen LogP contribution in [0, 0.1) is 23.7 Å². The van der Waals surface area contributed by atoms with Crippen molar-refractivity contribution in [1.29, 1.82) is 0 Å². The fourth-order valence-electron chi connectivity index (χ4n) is 11.4. The molecule has 3 spiro atoms. The third-order valence-electron chi connectivity index (χ3n) is 15.1. The van der Waals surface area contributed by atoms with E-state index in [9.17, 15) is 25.2 Å². The van der Waals surface area contributed by atoms with Crippen LogP contribution in [0.2, 0.25) is 0 Å². The monoisotopic (exact) mass is 835 g/mol. The zero-order chi connectivity index (χ0) is 42.5. The number of aliphatic hydroxyl groups is 4. The summed E-state index contributed by atoms with van der Waals surface area (Å²) in [6.07, 6.45) is 7.13. The third-order valence-corrected chi connectivity index (χ3v) is 15.1. The molecule has 6 saturated heterocycles. The maximum atomic E-state index is 12.2. The summed E-state index contributed by atoms with van der Waals surface area (Å²) in [6.45, 7) is 17.1. The van der Waals surface area contributed by atoms with Crippen molar-refractivity contribution < 1.29 is 63.1 Å². The summed E-state index contributed by atoms with van der Waals surface area (Å²) in [6, 6.07) is 0. The van der Waals surface area contributed by atoms with Crippen LogP contribution in [0.5, 0.6) is 0 Å². The maximum Gasteiger partial charge on any atom is 0.337 e. The molecule has 7 aliphatic rings. The Morgan fingerprint density at radius 3 is 2.49 bits per heavy atom. The molecule has 0 bridgehead atoms. The van der Waals surface area contributed by atoms with E-state index in [2.05, 4.69) is 34.3 Å². The number of aliphatic hydroxyl groups excluding tert-OH is 3. The average Bonchev–Trinajstić information content (AvgIpc) is 3.59. The number of methoxy groups -OCH3 is 1. The topological polar surface area (TPSA) is 172 Å². The molecule has 59 heavy (non-hydrogen) atoms. The van der Waals surface area contributed by atoms with Crippen LogP contribution in [-0.4, -0.2) is 124 Å². The van der Waals surface area contributed by atoms with E-state index >= 15 is 0 Å². The van der Waals surface area contributed by atoms with Gasteiger partial charge in [-0.25, -0.2) is 4.79 Å². The minimum Gasteiger partial charge on any atom is -0.467 e. The number of carbonyl (C=O) groups excluding carboxylic acids is 1. The van der Waals surface area contributed by atoms with Gasteiger partial charge < -0.3 is 58.3 Å².